The average molecular weight is 178 g/mol. The number of hydrogen-bond donors (Lipinski definition) is 3. The molecule has 0 aromatic carbocycles. The third-order valence-corrected chi connectivity index (χ3v) is 1.04. The summed E-state index contributed by atoms with van der Waals surface area (Å²) in [5.74, 6) is -0.972. The normalized spacial score (nSPS) is 9.58. The van der Waals surface area contributed by atoms with Crippen molar-refractivity contribution in [2.24, 2.45) is 5.92 Å². The highest BCUT2D eigenvalue weighted by Gasteiger charge is 1.99. The van der Waals surface area contributed by atoms with Gasteiger partial charge < -0.3 is 15.3 Å². The van der Waals surface area contributed by atoms with Crippen LogP contribution in [0.2, 0.25) is 0 Å². The van der Waals surface area contributed by atoms with Gasteiger partial charge in [0.15, 0.2) is 6.29 Å². The van der Waals surface area contributed by atoms with E-state index < -0.39 is 12.3 Å². The molecule has 0 saturated heterocycles. The van der Waals surface area contributed by atoms with Gasteiger partial charge in [-0.25, -0.2) is 0 Å². The molecule has 0 fully saturated rings. The zero-order valence-electron chi connectivity index (χ0n) is 7.82. The van der Waals surface area contributed by atoms with Crippen LogP contribution >= 0.6 is 0 Å². The molecule has 74 valence electrons. The van der Waals surface area contributed by atoms with E-state index in [1.807, 2.05) is 6.92 Å². The molecule has 0 heterocycles. The van der Waals surface area contributed by atoms with E-state index in [0.717, 1.165) is 6.42 Å². The number of rotatable bonds is 3. The molecule has 0 spiro atoms. The summed E-state index contributed by atoms with van der Waals surface area (Å²) in [5, 5.41) is 24.2. The summed E-state index contributed by atoms with van der Waals surface area (Å²) in [6, 6.07) is 0. The van der Waals surface area contributed by atoms with Crippen molar-refractivity contribution in [2.45, 2.75) is 39.9 Å². The standard InChI is InChI=1S/C4H8O2.C4H10O2/c1-3(2)4(5)6;1-2-3-4(5)6/h3H,1-2H3,(H,5,6);4-6H,2-3H2,1H3. The van der Waals surface area contributed by atoms with Gasteiger partial charge in [-0.15, -0.1) is 0 Å². The van der Waals surface area contributed by atoms with E-state index in [1.54, 1.807) is 13.8 Å². The second kappa shape index (κ2) is 8.49. The Hall–Kier alpha value is -0.610. The zero-order chi connectivity index (χ0) is 10.1. The molecular formula is C8H18O4. The van der Waals surface area contributed by atoms with Crippen molar-refractivity contribution >= 4 is 5.97 Å². The summed E-state index contributed by atoms with van der Waals surface area (Å²) >= 11 is 0. The van der Waals surface area contributed by atoms with Gasteiger partial charge in [0.1, 0.15) is 0 Å². The monoisotopic (exact) mass is 178 g/mol. The molecule has 0 aliphatic rings. The Morgan fingerprint density at radius 2 is 1.67 bits per heavy atom. The largest absolute Gasteiger partial charge is 0.481 e. The van der Waals surface area contributed by atoms with Gasteiger partial charge in [0.25, 0.3) is 0 Å². The van der Waals surface area contributed by atoms with Gasteiger partial charge in [-0.05, 0) is 6.42 Å². The van der Waals surface area contributed by atoms with Gasteiger partial charge >= 0.3 is 5.97 Å². The van der Waals surface area contributed by atoms with Crippen LogP contribution in [0.1, 0.15) is 33.6 Å². The second-order valence-corrected chi connectivity index (χ2v) is 2.76. The quantitative estimate of drug-likeness (QED) is 0.559. The molecule has 12 heavy (non-hydrogen) atoms. The number of carboxylic acids is 1. The summed E-state index contributed by atoms with van der Waals surface area (Å²) in [7, 11) is 0. The topological polar surface area (TPSA) is 77.8 Å². The Morgan fingerprint density at radius 1 is 1.33 bits per heavy atom. The summed E-state index contributed by atoms with van der Waals surface area (Å²) in [6.07, 6.45) is 0.215. The Balaban J connectivity index is 0. The molecule has 0 radical (unpaired) electrons. The van der Waals surface area contributed by atoms with Crippen LogP contribution in [0.3, 0.4) is 0 Å². The van der Waals surface area contributed by atoms with Crippen molar-refractivity contribution in [2.75, 3.05) is 0 Å². The van der Waals surface area contributed by atoms with Crippen LogP contribution in [0, 0.1) is 5.92 Å². The Kier molecular flexibility index (Phi) is 9.86. The van der Waals surface area contributed by atoms with Gasteiger partial charge in [-0.2, -0.15) is 0 Å². The zero-order valence-corrected chi connectivity index (χ0v) is 7.82. The predicted octanol–water partition coefficient (Wildman–Crippen LogP) is 0.824. The maximum atomic E-state index is 9.70. The third-order valence-electron chi connectivity index (χ3n) is 1.04. The number of carbonyl (C=O) groups is 1. The van der Waals surface area contributed by atoms with Crippen molar-refractivity contribution in [3.63, 3.8) is 0 Å². The highest BCUT2D eigenvalue weighted by atomic mass is 16.5. The number of aliphatic hydroxyl groups is 2. The van der Waals surface area contributed by atoms with E-state index in [9.17, 15) is 4.79 Å². The molecule has 0 amide bonds. The number of aliphatic hydroxyl groups excluding tert-OH is 1. The molecule has 4 heteroatoms. The van der Waals surface area contributed by atoms with Gasteiger partial charge in [0, 0.05) is 0 Å². The molecule has 0 aliphatic carbocycles. The Morgan fingerprint density at radius 3 is 1.67 bits per heavy atom. The van der Waals surface area contributed by atoms with Crippen LogP contribution in [0.15, 0.2) is 0 Å². The van der Waals surface area contributed by atoms with Crippen molar-refractivity contribution < 1.29 is 20.1 Å². The number of hydrogen-bond acceptors (Lipinski definition) is 3. The summed E-state index contributed by atoms with van der Waals surface area (Å²) < 4.78 is 0. The van der Waals surface area contributed by atoms with Crippen LogP contribution in [0.25, 0.3) is 0 Å². The van der Waals surface area contributed by atoms with Crippen molar-refractivity contribution in [3.05, 3.63) is 0 Å². The third kappa shape index (κ3) is 16.2. The molecule has 0 rings (SSSR count). The maximum absolute atomic E-state index is 9.70. The van der Waals surface area contributed by atoms with Gasteiger partial charge in [-0.3, -0.25) is 4.79 Å². The lowest BCUT2D eigenvalue weighted by Crippen LogP contribution is -2.03. The fourth-order valence-electron chi connectivity index (χ4n) is 0.258. The van der Waals surface area contributed by atoms with Crippen LogP contribution in [0.4, 0.5) is 0 Å². The summed E-state index contributed by atoms with van der Waals surface area (Å²) in [6.45, 7) is 5.18. The summed E-state index contributed by atoms with van der Waals surface area (Å²) in [4.78, 5) is 9.70. The average Bonchev–Trinajstić information content (AvgIpc) is 1.87. The highest BCUT2D eigenvalue weighted by Crippen LogP contribution is 1.88. The molecule has 0 aliphatic heterocycles. The molecule has 0 aromatic rings. The highest BCUT2D eigenvalue weighted by molar-refractivity contribution is 5.68. The maximum Gasteiger partial charge on any atom is 0.305 e. The number of aliphatic carboxylic acids is 1. The van der Waals surface area contributed by atoms with Gasteiger partial charge in [0.2, 0.25) is 0 Å². The molecule has 0 atom stereocenters. The predicted molar refractivity (Wildman–Crippen MR) is 45.6 cm³/mol. The molecule has 3 N–H and O–H groups in total. The lowest BCUT2D eigenvalue weighted by molar-refractivity contribution is -0.140. The van der Waals surface area contributed by atoms with Crippen molar-refractivity contribution in [1.82, 2.24) is 0 Å². The Bertz CT molecular complexity index is 110. The van der Waals surface area contributed by atoms with Gasteiger partial charge in [0.05, 0.1) is 5.92 Å². The smallest absolute Gasteiger partial charge is 0.305 e. The SMILES string of the molecule is CC(C)C(=O)O.CCCC(O)O. The second-order valence-electron chi connectivity index (χ2n) is 2.76. The minimum absolute atomic E-state index is 0.231. The molecule has 0 aromatic heterocycles. The summed E-state index contributed by atoms with van der Waals surface area (Å²) in [5.41, 5.74) is 0. The van der Waals surface area contributed by atoms with Crippen LogP contribution < -0.4 is 0 Å². The van der Waals surface area contributed by atoms with Gasteiger partial charge in [-0.1, -0.05) is 27.2 Å². The molecule has 0 saturated carbocycles. The van der Waals surface area contributed by atoms with Crippen LogP contribution in [0.5, 0.6) is 0 Å². The minimum Gasteiger partial charge on any atom is -0.481 e. The van der Waals surface area contributed by atoms with E-state index >= 15 is 0 Å². The molecule has 4 nitrogen and oxygen atoms in total. The lowest BCUT2D eigenvalue weighted by atomic mass is 10.2. The first-order chi connectivity index (χ1) is 5.41. The molecule has 0 bridgehead atoms. The molecular weight excluding hydrogens is 160 g/mol. The number of carboxylic acid groups (broad SMARTS) is 1. The first-order valence-corrected chi connectivity index (χ1v) is 4.00. The Labute approximate surface area is 72.8 Å². The van der Waals surface area contributed by atoms with E-state index in [-0.39, 0.29) is 5.92 Å². The molecule has 0 unspecified atom stereocenters. The van der Waals surface area contributed by atoms with E-state index in [1.165, 1.54) is 0 Å². The van der Waals surface area contributed by atoms with Crippen molar-refractivity contribution in [3.8, 4) is 0 Å². The fourth-order valence-corrected chi connectivity index (χ4v) is 0.258. The minimum atomic E-state index is -1.10. The van der Waals surface area contributed by atoms with E-state index in [2.05, 4.69) is 0 Å². The van der Waals surface area contributed by atoms with Crippen LogP contribution in [-0.4, -0.2) is 27.6 Å². The van der Waals surface area contributed by atoms with E-state index in [4.69, 9.17) is 15.3 Å². The first kappa shape index (κ1) is 13.9. The van der Waals surface area contributed by atoms with Crippen LogP contribution in [-0.2, 0) is 4.79 Å². The first-order valence-electron chi connectivity index (χ1n) is 4.00. The lowest BCUT2D eigenvalue weighted by Gasteiger charge is -1.94. The van der Waals surface area contributed by atoms with Crippen molar-refractivity contribution in [1.29, 1.82) is 0 Å². The van der Waals surface area contributed by atoms with E-state index in [0.29, 0.717) is 6.42 Å². The fraction of sp³-hybridized carbons (Fsp3) is 0.875.